The van der Waals surface area contributed by atoms with Crippen LogP contribution >= 0.6 is 0 Å². The topological polar surface area (TPSA) is 15.3 Å². The first-order chi connectivity index (χ1) is 11.6. The highest BCUT2D eigenvalue weighted by molar-refractivity contribution is 5.47. The Morgan fingerprint density at radius 2 is 1.92 bits per heavy atom. The maximum Gasteiger partial charge on any atom is 0.0343 e. The van der Waals surface area contributed by atoms with E-state index in [0.29, 0.717) is 5.92 Å². The van der Waals surface area contributed by atoms with Gasteiger partial charge < -0.3 is 5.32 Å². The Morgan fingerprint density at radius 1 is 1.12 bits per heavy atom. The lowest BCUT2D eigenvalue weighted by molar-refractivity contribution is 0.105. The normalized spacial score (nSPS) is 24.7. The van der Waals surface area contributed by atoms with E-state index in [2.05, 4.69) is 85.6 Å². The average molecular weight is 322 g/mol. The summed E-state index contributed by atoms with van der Waals surface area (Å²) in [5.74, 6) is 0.645. The molecule has 2 unspecified atom stereocenters. The van der Waals surface area contributed by atoms with Gasteiger partial charge in [0, 0.05) is 25.3 Å². The summed E-state index contributed by atoms with van der Waals surface area (Å²) >= 11 is 0. The molecular weight excluding hydrogens is 292 g/mol. The first-order valence-electron chi connectivity index (χ1n) is 9.22. The molecule has 3 rings (SSSR count). The van der Waals surface area contributed by atoms with Crippen molar-refractivity contribution in [3.05, 3.63) is 65.7 Å². The summed E-state index contributed by atoms with van der Waals surface area (Å²) in [6, 6.07) is 19.9. The fourth-order valence-electron chi connectivity index (χ4n) is 3.92. The van der Waals surface area contributed by atoms with Crippen molar-refractivity contribution in [2.75, 3.05) is 25.0 Å². The lowest BCUT2D eigenvalue weighted by Gasteiger charge is -2.45. The molecule has 0 saturated carbocycles. The molecular formula is C22H30N2. The van der Waals surface area contributed by atoms with Gasteiger partial charge in [-0.25, -0.2) is 0 Å². The van der Waals surface area contributed by atoms with Gasteiger partial charge in [0.15, 0.2) is 0 Å². The molecule has 1 aliphatic rings. The Hall–Kier alpha value is -1.80. The minimum atomic E-state index is 0.263. The molecule has 1 heterocycles. The zero-order chi connectivity index (χ0) is 17.0. The monoisotopic (exact) mass is 322 g/mol. The van der Waals surface area contributed by atoms with Gasteiger partial charge in [0.05, 0.1) is 0 Å². The van der Waals surface area contributed by atoms with Crippen LogP contribution in [0.5, 0.6) is 0 Å². The van der Waals surface area contributed by atoms with E-state index in [0.717, 1.165) is 19.6 Å². The van der Waals surface area contributed by atoms with Crippen molar-refractivity contribution in [2.45, 2.75) is 39.2 Å². The van der Waals surface area contributed by atoms with Crippen LogP contribution in [0, 0.1) is 5.92 Å². The summed E-state index contributed by atoms with van der Waals surface area (Å²) < 4.78 is 0. The second-order valence-corrected chi connectivity index (χ2v) is 7.40. The average Bonchev–Trinajstić information content (AvgIpc) is 2.60. The number of nitrogens with zero attached hydrogens (tertiary/aromatic N) is 1. The Labute approximate surface area is 146 Å². The number of hydrogen-bond donors (Lipinski definition) is 1. The Bertz CT molecular complexity index is 652. The molecule has 1 aliphatic heterocycles. The SMILES string of the molecule is CCNc1cccc(C2(C)CCN(Cc3ccccc3)CC2C)c1. The summed E-state index contributed by atoms with van der Waals surface area (Å²) in [5, 5.41) is 3.45. The molecule has 2 aromatic rings. The minimum absolute atomic E-state index is 0.263. The van der Waals surface area contributed by atoms with Crippen molar-refractivity contribution in [3.63, 3.8) is 0 Å². The number of benzene rings is 2. The standard InChI is InChI=1S/C22H30N2/c1-4-23-21-12-8-11-20(15-21)22(3)13-14-24(16-18(22)2)17-19-9-6-5-7-10-19/h5-12,15,18,23H,4,13-14,16-17H2,1-3H3. The quantitative estimate of drug-likeness (QED) is 0.840. The fourth-order valence-corrected chi connectivity index (χ4v) is 3.92. The molecule has 1 N–H and O–H groups in total. The van der Waals surface area contributed by atoms with E-state index >= 15 is 0 Å². The molecule has 2 atom stereocenters. The molecule has 1 saturated heterocycles. The molecule has 2 nitrogen and oxygen atoms in total. The van der Waals surface area contributed by atoms with Crippen molar-refractivity contribution in [1.29, 1.82) is 0 Å². The van der Waals surface area contributed by atoms with Crippen LogP contribution in [0.4, 0.5) is 5.69 Å². The molecule has 0 bridgehead atoms. The lowest BCUT2D eigenvalue weighted by Crippen LogP contribution is -2.46. The first kappa shape index (κ1) is 17.0. The van der Waals surface area contributed by atoms with Crippen molar-refractivity contribution < 1.29 is 0 Å². The zero-order valence-electron chi connectivity index (χ0n) is 15.3. The predicted molar refractivity (Wildman–Crippen MR) is 103 cm³/mol. The summed E-state index contributed by atoms with van der Waals surface area (Å²) in [6.07, 6.45) is 1.22. The van der Waals surface area contributed by atoms with E-state index in [1.807, 2.05) is 0 Å². The van der Waals surface area contributed by atoms with Gasteiger partial charge in [0.25, 0.3) is 0 Å². The van der Waals surface area contributed by atoms with E-state index in [9.17, 15) is 0 Å². The second kappa shape index (κ2) is 7.40. The first-order valence-corrected chi connectivity index (χ1v) is 9.22. The van der Waals surface area contributed by atoms with Crippen molar-refractivity contribution in [1.82, 2.24) is 4.90 Å². The van der Waals surface area contributed by atoms with E-state index in [4.69, 9.17) is 0 Å². The van der Waals surface area contributed by atoms with E-state index < -0.39 is 0 Å². The molecule has 2 aromatic carbocycles. The van der Waals surface area contributed by atoms with Crippen LogP contribution in [0.1, 0.15) is 38.3 Å². The number of nitrogens with one attached hydrogen (secondary N) is 1. The molecule has 0 amide bonds. The van der Waals surface area contributed by atoms with Crippen molar-refractivity contribution in [2.24, 2.45) is 5.92 Å². The van der Waals surface area contributed by atoms with Gasteiger partial charge in [-0.05, 0) is 54.5 Å². The highest BCUT2D eigenvalue weighted by Crippen LogP contribution is 2.40. The van der Waals surface area contributed by atoms with Gasteiger partial charge in [-0.3, -0.25) is 4.90 Å². The molecule has 2 heteroatoms. The lowest BCUT2D eigenvalue weighted by atomic mass is 9.68. The third-order valence-corrected chi connectivity index (χ3v) is 5.72. The van der Waals surface area contributed by atoms with Gasteiger partial charge in [-0.1, -0.05) is 56.3 Å². The van der Waals surface area contributed by atoms with Crippen molar-refractivity contribution >= 4 is 5.69 Å². The smallest absolute Gasteiger partial charge is 0.0343 e. The van der Waals surface area contributed by atoms with Gasteiger partial charge >= 0.3 is 0 Å². The van der Waals surface area contributed by atoms with E-state index in [-0.39, 0.29) is 5.41 Å². The van der Waals surface area contributed by atoms with E-state index in [1.54, 1.807) is 0 Å². The molecule has 0 aromatic heterocycles. The summed E-state index contributed by atoms with van der Waals surface area (Å²) in [6.45, 7) is 11.4. The van der Waals surface area contributed by atoms with Crippen LogP contribution in [-0.2, 0) is 12.0 Å². The second-order valence-electron chi connectivity index (χ2n) is 7.40. The third-order valence-electron chi connectivity index (χ3n) is 5.72. The van der Waals surface area contributed by atoms with Crippen LogP contribution in [-0.4, -0.2) is 24.5 Å². The molecule has 24 heavy (non-hydrogen) atoms. The zero-order valence-corrected chi connectivity index (χ0v) is 15.3. The molecule has 1 fully saturated rings. The highest BCUT2D eigenvalue weighted by Gasteiger charge is 2.37. The number of hydrogen-bond acceptors (Lipinski definition) is 2. The fraction of sp³-hybridized carbons (Fsp3) is 0.455. The van der Waals surface area contributed by atoms with Crippen LogP contribution in [0.2, 0.25) is 0 Å². The van der Waals surface area contributed by atoms with Crippen LogP contribution < -0.4 is 5.32 Å². The van der Waals surface area contributed by atoms with Crippen LogP contribution in [0.15, 0.2) is 54.6 Å². The largest absolute Gasteiger partial charge is 0.385 e. The van der Waals surface area contributed by atoms with Gasteiger partial charge in [-0.2, -0.15) is 0 Å². The number of likely N-dealkylation sites (tertiary alicyclic amines) is 1. The number of anilines is 1. The molecule has 0 aliphatic carbocycles. The van der Waals surface area contributed by atoms with Crippen LogP contribution in [0.25, 0.3) is 0 Å². The summed E-state index contributed by atoms with van der Waals surface area (Å²) in [4.78, 5) is 2.61. The number of piperidine rings is 1. The van der Waals surface area contributed by atoms with Gasteiger partial charge in [0.2, 0.25) is 0 Å². The Morgan fingerprint density at radius 3 is 2.62 bits per heavy atom. The Kier molecular flexibility index (Phi) is 5.25. The highest BCUT2D eigenvalue weighted by atomic mass is 15.1. The van der Waals surface area contributed by atoms with E-state index in [1.165, 1.54) is 29.8 Å². The molecule has 0 radical (unpaired) electrons. The predicted octanol–water partition coefficient (Wildman–Crippen LogP) is 4.92. The van der Waals surface area contributed by atoms with Crippen molar-refractivity contribution in [3.8, 4) is 0 Å². The minimum Gasteiger partial charge on any atom is -0.385 e. The molecule has 0 spiro atoms. The maximum atomic E-state index is 3.45. The summed E-state index contributed by atoms with van der Waals surface area (Å²) in [5.41, 5.74) is 4.41. The third kappa shape index (κ3) is 3.64. The Balaban J connectivity index is 1.71. The van der Waals surface area contributed by atoms with Crippen LogP contribution in [0.3, 0.4) is 0 Å². The summed E-state index contributed by atoms with van der Waals surface area (Å²) in [7, 11) is 0. The van der Waals surface area contributed by atoms with Gasteiger partial charge in [-0.15, -0.1) is 0 Å². The molecule has 128 valence electrons. The van der Waals surface area contributed by atoms with Gasteiger partial charge in [0.1, 0.15) is 0 Å². The maximum absolute atomic E-state index is 3.45. The number of rotatable bonds is 5.